The van der Waals surface area contributed by atoms with Gasteiger partial charge < -0.3 is 9.84 Å². The number of carbonyl (C=O) groups excluding carboxylic acids is 2. The first-order chi connectivity index (χ1) is 17.7. The van der Waals surface area contributed by atoms with Crippen molar-refractivity contribution >= 4 is 17.5 Å². The highest BCUT2D eigenvalue weighted by atomic mass is 16.5. The van der Waals surface area contributed by atoms with E-state index in [1.807, 2.05) is 12.1 Å². The number of anilines is 1. The lowest BCUT2D eigenvalue weighted by Crippen LogP contribution is -2.49. The van der Waals surface area contributed by atoms with Crippen molar-refractivity contribution in [3.63, 3.8) is 0 Å². The van der Waals surface area contributed by atoms with Gasteiger partial charge in [0.2, 0.25) is 11.8 Å². The number of hydrogen-bond acceptors (Lipinski definition) is 6. The molecule has 190 valence electrons. The molecule has 10 nitrogen and oxygen atoms in total. The maximum atomic E-state index is 14.2. The molecule has 2 fully saturated rings. The Labute approximate surface area is 211 Å². The largest absolute Gasteiger partial charge is 0.504 e. The summed E-state index contributed by atoms with van der Waals surface area (Å²) in [5.74, 6) is -1.83. The molecule has 1 saturated heterocycles. The van der Waals surface area contributed by atoms with Crippen LogP contribution in [0.1, 0.15) is 30.9 Å². The Kier molecular flexibility index (Phi) is 4.88. The monoisotopic (exact) mass is 502 g/mol. The van der Waals surface area contributed by atoms with Crippen LogP contribution in [-0.4, -0.2) is 38.0 Å². The number of phenols is 1. The highest BCUT2D eigenvalue weighted by molar-refractivity contribution is 6.24. The Hall–Kier alpha value is -4.34. The lowest BCUT2D eigenvalue weighted by atomic mass is 9.56. The van der Waals surface area contributed by atoms with Crippen LogP contribution in [0.5, 0.6) is 11.5 Å². The van der Waals surface area contributed by atoms with Crippen molar-refractivity contribution in [2.24, 2.45) is 18.4 Å². The van der Waals surface area contributed by atoms with Crippen molar-refractivity contribution in [1.82, 2.24) is 13.9 Å². The van der Waals surface area contributed by atoms with Crippen LogP contribution in [0.25, 0.3) is 0 Å². The summed E-state index contributed by atoms with van der Waals surface area (Å²) >= 11 is 0. The van der Waals surface area contributed by atoms with Crippen LogP contribution >= 0.6 is 0 Å². The van der Waals surface area contributed by atoms with E-state index in [4.69, 9.17) is 4.74 Å². The number of methoxy groups -OCH3 is 1. The van der Waals surface area contributed by atoms with Crippen LogP contribution in [0.15, 0.2) is 69.8 Å². The average Bonchev–Trinajstić information content (AvgIpc) is 3.24. The van der Waals surface area contributed by atoms with Crippen molar-refractivity contribution in [3.05, 3.63) is 86.7 Å². The van der Waals surface area contributed by atoms with E-state index >= 15 is 0 Å². The van der Waals surface area contributed by atoms with Crippen molar-refractivity contribution in [2.75, 3.05) is 12.0 Å². The molecule has 0 unspecified atom stereocenters. The van der Waals surface area contributed by atoms with Crippen molar-refractivity contribution < 1.29 is 19.4 Å². The molecule has 1 aliphatic carbocycles. The lowest BCUT2D eigenvalue weighted by Gasteiger charge is -2.47. The first kappa shape index (κ1) is 23.1. The van der Waals surface area contributed by atoms with E-state index in [1.54, 1.807) is 43.3 Å². The molecular weight excluding hydrogens is 476 g/mol. The highest BCUT2D eigenvalue weighted by Gasteiger charge is 2.65. The minimum Gasteiger partial charge on any atom is -0.504 e. The number of phenolic OH excluding ortho intramolecular Hbond substituents is 1. The topological polar surface area (TPSA) is 116 Å². The van der Waals surface area contributed by atoms with Crippen LogP contribution in [0.4, 0.5) is 5.69 Å². The van der Waals surface area contributed by atoms with Gasteiger partial charge in [-0.1, -0.05) is 30.3 Å². The molecule has 4 atom stereocenters. The second-order valence-corrected chi connectivity index (χ2v) is 10.0. The number of nitrogens with zero attached hydrogens (tertiary/aromatic N) is 4. The molecule has 1 N–H and O–H groups in total. The van der Waals surface area contributed by atoms with Gasteiger partial charge in [0.05, 0.1) is 36.7 Å². The van der Waals surface area contributed by atoms with E-state index in [0.717, 1.165) is 10.1 Å². The molecule has 1 aromatic heterocycles. The standard InChI is InChI=1S/C27H26N4O6/c1-27-18(23(33)30(24(27)34)16-7-5-4-6-8-16)14-19-17(11-12-29-25(35)28(2)26(36)31(19)29)22(27)15-9-10-20(32)21(13-15)37-3/h4-11,13,18-19,22,32H,12,14H2,1-3H3/t18-,19+,22-,27+/m0/s1. The molecule has 0 spiro atoms. The van der Waals surface area contributed by atoms with Crippen LogP contribution in [0.2, 0.25) is 0 Å². The number of rotatable bonds is 3. The van der Waals surface area contributed by atoms with Gasteiger partial charge in [-0.3, -0.25) is 9.59 Å². The predicted molar refractivity (Wildman–Crippen MR) is 134 cm³/mol. The number of imide groups is 1. The van der Waals surface area contributed by atoms with E-state index in [9.17, 15) is 24.3 Å². The normalized spacial score (nSPS) is 26.4. The summed E-state index contributed by atoms with van der Waals surface area (Å²) in [6.45, 7) is 1.97. The molecule has 1 saturated carbocycles. The van der Waals surface area contributed by atoms with Gasteiger partial charge in [-0.2, -0.15) is 0 Å². The molecule has 3 aromatic rings. The number of para-hydroxylation sites is 1. The Morgan fingerprint density at radius 3 is 2.46 bits per heavy atom. The second-order valence-electron chi connectivity index (χ2n) is 10.0. The zero-order valence-electron chi connectivity index (χ0n) is 20.6. The quantitative estimate of drug-likeness (QED) is 0.432. The van der Waals surface area contributed by atoms with Gasteiger partial charge in [-0.25, -0.2) is 28.4 Å². The first-order valence-corrected chi connectivity index (χ1v) is 12.1. The summed E-state index contributed by atoms with van der Waals surface area (Å²) in [5.41, 5.74) is -0.123. The number of amides is 2. The number of hydrogen-bond donors (Lipinski definition) is 1. The van der Waals surface area contributed by atoms with Gasteiger partial charge in [-0.15, -0.1) is 0 Å². The molecule has 6 rings (SSSR count). The molecule has 0 radical (unpaired) electrons. The van der Waals surface area contributed by atoms with Crippen molar-refractivity contribution in [1.29, 1.82) is 0 Å². The summed E-state index contributed by atoms with van der Waals surface area (Å²) in [7, 11) is 2.87. The van der Waals surface area contributed by atoms with Crippen LogP contribution in [-0.2, 0) is 23.2 Å². The SMILES string of the molecule is COc1cc([C@H]2C3=CCn4c(=O)n(C)c(=O)n4[C@@H]3C[C@H]3C(=O)N(c4ccccc4)C(=O)[C@@]23C)ccc1O. The summed E-state index contributed by atoms with van der Waals surface area (Å²) in [6, 6.07) is 13.1. The number of fused-ring (bicyclic) bond motifs is 4. The molecule has 2 aromatic carbocycles. The summed E-state index contributed by atoms with van der Waals surface area (Å²) in [5, 5.41) is 10.2. The fourth-order valence-corrected chi connectivity index (χ4v) is 6.46. The second kappa shape index (κ2) is 7.83. The molecule has 3 aliphatic rings. The third-order valence-corrected chi connectivity index (χ3v) is 8.28. The van der Waals surface area contributed by atoms with Gasteiger partial charge in [0.15, 0.2) is 11.5 Å². The van der Waals surface area contributed by atoms with Gasteiger partial charge in [0, 0.05) is 13.0 Å². The molecule has 10 heteroatoms. The first-order valence-electron chi connectivity index (χ1n) is 12.1. The molecule has 2 amide bonds. The maximum Gasteiger partial charge on any atom is 0.347 e. The Balaban J connectivity index is 1.60. The van der Waals surface area contributed by atoms with Gasteiger partial charge in [0.25, 0.3) is 0 Å². The van der Waals surface area contributed by atoms with Crippen molar-refractivity contribution in [3.8, 4) is 11.5 Å². The molecule has 2 aliphatic heterocycles. The van der Waals surface area contributed by atoms with E-state index < -0.39 is 34.7 Å². The average molecular weight is 503 g/mol. The molecule has 0 bridgehead atoms. The molecule has 3 heterocycles. The third-order valence-electron chi connectivity index (χ3n) is 8.28. The van der Waals surface area contributed by atoms with E-state index in [1.165, 1.54) is 34.5 Å². The number of benzene rings is 2. The highest BCUT2D eigenvalue weighted by Crippen LogP contribution is 2.61. The van der Waals surface area contributed by atoms with Gasteiger partial charge >= 0.3 is 11.4 Å². The summed E-state index contributed by atoms with van der Waals surface area (Å²) in [6.07, 6.45) is 2.09. The smallest absolute Gasteiger partial charge is 0.347 e. The molecule has 37 heavy (non-hydrogen) atoms. The van der Waals surface area contributed by atoms with E-state index in [2.05, 4.69) is 0 Å². The Bertz CT molecular complexity index is 1610. The number of allylic oxidation sites excluding steroid dienone is 2. The zero-order chi connectivity index (χ0) is 26.2. The minimum atomic E-state index is -1.17. The maximum absolute atomic E-state index is 14.2. The number of aromatic nitrogens is 3. The number of aromatic hydroxyl groups is 1. The summed E-state index contributed by atoms with van der Waals surface area (Å²) in [4.78, 5) is 55.2. The van der Waals surface area contributed by atoms with Crippen LogP contribution < -0.4 is 21.0 Å². The van der Waals surface area contributed by atoms with E-state index in [-0.39, 0.29) is 36.3 Å². The molecular formula is C27H26N4O6. The summed E-state index contributed by atoms with van der Waals surface area (Å²) < 4.78 is 9.21. The zero-order valence-corrected chi connectivity index (χ0v) is 20.6. The number of ether oxygens (including phenoxy) is 1. The fourth-order valence-electron chi connectivity index (χ4n) is 6.46. The van der Waals surface area contributed by atoms with Crippen LogP contribution in [0, 0.1) is 11.3 Å². The number of carbonyl (C=O) groups is 2. The van der Waals surface area contributed by atoms with E-state index in [0.29, 0.717) is 11.3 Å². The van der Waals surface area contributed by atoms with Gasteiger partial charge in [-0.05, 0) is 48.7 Å². The Morgan fingerprint density at radius 2 is 1.76 bits per heavy atom. The fraction of sp³-hybridized carbons (Fsp3) is 0.333. The van der Waals surface area contributed by atoms with Crippen LogP contribution in [0.3, 0.4) is 0 Å². The minimum absolute atomic E-state index is 0.0502. The lowest BCUT2D eigenvalue weighted by molar-refractivity contribution is -0.129. The van der Waals surface area contributed by atoms with Crippen molar-refractivity contribution in [2.45, 2.75) is 31.8 Å². The Morgan fingerprint density at radius 1 is 1.03 bits per heavy atom. The third kappa shape index (κ3) is 2.92. The predicted octanol–water partition coefficient (Wildman–Crippen LogP) is 1.93. The van der Waals surface area contributed by atoms with Gasteiger partial charge in [0.1, 0.15) is 0 Å².